The first-order valence-corrected chi connectivity index (χ1v) is 12.5. The predicted octanol–water partition coefficient (Wildman–Crippen LogP) is 3.49. The molecule has 6 rings (SSSR count). The van der Waals surface area contributed by atoms with Crippen LogP contribution < -0.4 is 15.8 Å². The first kappa shape index (κ1) is 23.9. The van der Waals surface area contributed by atoms with Crippen LogP contribution in [-0.4, -0.2) is 67.4 Å². The fraction of sp³-hybridized carbons (Fsp3) is 0.296. The minimum Gasteiger partial charge on any atom is -0.495 e. The van der Waals surface area contributed by atoms with Gasteiger partial charge in [-0.2, -0.15) is 5.10 Å². The number of hydrogen-bond donors (Lipinski definition) is 2. The number of aromatic nitrogens is 6. The zero-order valence-electron chi connectivity index (χ0n) is 21.5. The van der Waals surface area contributed by atoms with Gasteiger partial charge in [0.15, 0.2) is 5.65 Å². The van der Waals surface area contributed by atoms with Crippen LogP contribution in [0.25, 0.3) is 33.3 Å². The molecule has 0 spiro atoms. The van der Waals surface area contributed by atoms with E-state index in [2.05, 4.69) is 32.2 Å². The minimum absolute atomic E-state index is 0.229. The number of pyridine rings is 1. The van der Waals surface area contributed by atoms with E-state index in [9.17, 15) is 4.79 Å². The quantitative estimate of drug-likeness (QED) is 0.367. The number of carbonyl (C=O) groups is 1. The molecule has 0 unspecified atom stereocenters. The van der Waals surface area contributed by atoms with Gasteiger partial charge >= 0.3 is 0 Å². The van der Waals surface area contributed by atoms with Crippen LogP contribution in [0.3, 0.4) is 0 Å². The summed E-state index contributed by atoms with van der Waals surface area (Å²) in [7, 11) is 5.55. The highest BCUT2D eigenvalue weighted by atomic mass is 16.5. The number of nitrogens with zero attached hydrogens (tertiary/aromatic N) is 7. The molecule has 0 atom stereocenters. The van der Waals surface area contributed by atoms with Crippen LogP contribution in [0.5, 0.6) is 5.75 Å². The third kappa shape index (κ3) is 4.01. The van der Waals surface area contributed by atoms with Crippen LogP contribution in [0.15, 0.2) is 48.9 Å². The van der Waals surface area contributed by atoms with Crippen molar-refractivity contribution in [3.63, 3.8) is 0 Å². The molecule has 0 radical (unpaired) electrons. The van der Waals surface area contributed by atoms with Gasteiger partial charge in [0.2, 0.25) is 0 Å². The number of fused-ring (bicyclic) bond motifs is 2. The lowest BCUT2D eigenvalue weighted by Crippen LogP contribution is -2.31. The summed E-state index contributed by atoms with van der Waals surface area (Å²) in [6.45, 7) is 1.99. The summed E-state index contributed by atoms with van der Waals surface area (Å²) in [6.07, 6.45) is 5.15. The van der Waals surface area contributed by atoms with Crippen molar-refractivity contribution in [3.05, 3.63) is 54.6 Å². The van der Waals surface area contributed by atoms with Gasteiger partial charge in [-0.05, 0) is 63.3 Å². The Morgan fingerprint density at radius 1 is 1.11 bits per heavy atom. The van der Waals surface area contributed by atoms with Crippen LogP contribution in [0.2, 0.25) is 0 Å². The topological polar surface area (TPSA) is 129 Å². The number of methoxy groups -OCH3 is 1. The average molecular weight is 512 g/mol. The van der Waals surface area contributed by atoms with Gasteiger partial charge in [-0.25, -0.2) is 14.6 Å². The predicted molar refractivity (Wildman–Crippen MR) is 146 cm³/mol. The van der Waals surface area contributed by atoms with Gasteiger partial charge in [0.1, 0.15) is 29.3 Å². The van der Waals surface area contributed by atoms with E-state index in [1.54, 1.807) is 19.4 Å². The van der Waals surface area contributed by atoms with E-state index in [0.29, 0.717) is 34.0 Å². The summed E-state index contributed by atoms with van der Waals surface area (Å²) in [5.41, 5.74) is 11.2. The second-order valence-corrected chi connectivity index (χ2v) is 9.65. The number of amides is 1. The number of piperidine rings is 1. The number of likely N-dealkylation sites (tertiary alicyclic amines) is 1. The Bertz CT molecular complexity index is 1660. The Balaban J connectivity index is 1.36. The Kier molecular flexibility index (Phi) is 5.91. The molecule has 11 nitrogen and oxygen atoms in total. The SMILES string of the molecule is COc1cc(-c2nn(C3CCN(C)CC3)c3ncnc(N)c23)ccc1NC(=O)c1cc2ncccc2n1C. The van der Waals surface area contributed by atoms with Crippen molar-refractivity contribution in [1.82, 2.24) is 34.2 Å². The van der Waals surface area contributed by atoms with Gasteiger partial charge < -0.3 is 25.3 Å². The number of ether oxygens (including phenoxy) is 1. The normalized spacial score (nSPS) is 14.8. The van der Waals surface area contributed by atoms with Crippen LogP contribution in [-0.2, 0) is 7.05 Å². The fourth-order valence-corrected chi connectivity index (χ4v) is 5.20. The number of aryl methyl sites for hydroxylation is 1. The van der Waals surface area contributed by atoms with Gasteiger partial charge in [0.25, 0.3) is 5.91 Å². The van der Waals surface area contributed by atoms with Gasteiger partial charge in [-0.15, -0.1) is 0 Å². The lowest BCUT2D eigenvalue weighted by Gasteiger charge is -2.29. The molecule has 1 amide bonds. The Morgan fingerprint density at radius 3 is 2.68 bits per heavy atom. The molecule has 1 aliphatic heterocycles. The van der Waals surface area contributed by atoms with E-state index in [1.165, 1.54) is 6.33 Å². The molecule has 0 bridgehead atoms. The number of nitrogens with one attached hydrogen (secondary N) is 1. The molecule has 5 heterocycles. The van der Waals surface area contributed by atoms with E-state index in [1.807, 2.05) is 46.6 Å². The lowest BCUT2D eigenvalue weighted by molar-refractivity contribution is 0.101. The zero-order valence-corrected chi connectivity index (χ0v) is 21.5. The van der Waals surface area contributed by atoms with Crippen molar-refractivity contribution in [3.8, 4) is 17.0 Å². The number of carbonyl (C=O) groups excluding carboxylic acids is 1. The van der Waals surface area contributed by atoms with E-state index < -0.39 is 0 Å². The van der Waals surface area contributed by atoms with E-state index >= 15 is 0 Å². The highest BCUT2D eigenvalue weighted by Crippen LogP contribution is 2.37. The van der Waals surface area contributed by atoms with Crippen molar-refractivity contribution < 1.29 is 9.53 Å². The molecular formula is C27H29N9O2. The summed E-state index contributed by atoms with van der Waals surface area (Å²) < 4.78 is 9.49. The van der Waals surface area contributed by atoms with Gasteiger partial charge in [-0.1, -0.05) is 6.07 Å². The second-order valence-electron chi connectivity index (χ2n) is 9.65. The largest absolute Gasteiger partial charge is 0.495 e. The molecule has 3 N–H and O–H groups in total. The van der Waals surface area contributed by atoms with E-state index in [4.69, 9.17) is 15.6 Å². The first-order chi connectivity index (χ1) is 18.4. The molecule has 0 saturated carbocycles. The molecule has 1 aromatic carbocycles. The summed E-state index contributed by atoms with van der Waals surface area (Å²) in [5.74, 6) is 0.626. The first-order valence-electron chi connectivity index (χ1n) is 12.5. The monoisotopic (exact) mass is 511 g/mol. The van der Waals surface area contributed by atoms with Gasteiger partial charge in [-0.3, -0.25) is 9.78 Å². The Labute approximate surface area is 219 Å². The summed E-state index contributed by atoms with van der Waals surface area (Å²) in [4.78, 5) is 28.6. The van der Waals surface area contributed by atoms with Crippen LogP contribution >= 0.6 is 0 Å². The minimum atomic E-state index is -0.258. The van der Waals surface area contributed by atoms with Crippen molar-refractivity contribution in [2.24, 2.45) is 7.05 Å². The smallest absolute Gasteiger partial charge is 0.272 e. The van der Waals surface area contributed by atoms with Crippen molar-refractivity contribution in [1.29, 1.82) is 0 Å². The molecule has 194 valence electrons. The number of nitrogens with two attached hydrogens (primary N) is 1. The number of nitrogen functional groups attached to an aromatic ring is 1. The van der Waals surface area contributed by atoms with Crippen molar-refractivity contribution in [2.75, 3.05) is 38.3 Å². The van der Waals surface area contributed by atoms with Crippen molar-refractivity contribution in [2.45, 2.75) is 18.9 Å². The molecule has 1 fully saturated rings. The van der Waals surface area contributed by atoms with Gasteiger partial charge in [0.05, 0.1) is 35.3 Å². The zero-order chi connectivity index (χ0) is 26.4. The van der Waals surface area contributed by atoms with Crippen LogP contribution in [0, 0.1) is 0 Å². The summed E-state index contributed by atoms with van der Waals surface area (Å²) in [6, 6.07) is 11.3. The maximum absolute atomic E-state index is 13.2. The maximum Gasteiger partial charge on any atom is 0.272 e. The highest BCUT2D eigenvalue weighted by molar-refractivity contribution is 6.07. The second kappa shape index (κ2) is 9.42. The number of hydrogen-bond acceptors (Lipinski definition) is 8. The molecule has 11 heteroatoms. The third-order valence-corrected chi connectivity index (χ3v) is 7.32. The Morgan fingerprint density at radius 2 is 1.92 bits per heavy atom. The standard InChI is InChI=1S/C27H29N9O2/c1-34-11-8-17(9-12-34)36-26-23(25(28)30-15-31-26)24(33-36)16-6-7-18(22(13-16)38-3)32-27(37)21-14-19-20(35(21)2)5-4-10-29-19/h4-7,10,13-15,17H,8-9,11-12H2,1-3H3,(H,32,37)(H2,28,30,31). The van der Waals surface area contributed by atoms with Gasteiger partial charge in [0, 0.05) is 18.8 Å². The highest BCUT2D eigenvalue weighted by Gasteiger charge is 2.25. The van der Waals surface area contributed by atoms with E-state index in [-0.39, 0.29) is 11.9 Å². The molecule has 0 aliphatic carbocycles. The summed E-state index contributed by atoms with van der Waals surface area (Å²) in [5, 5.41) is 8.67. The third-order valence-electron chi connectivity index (χ3n) is 7.32. The summed E-state index contributed by atoms with van der Waals surface area (Å²) >= 11 is 0. The average Bonchev–Trinajstić information content (AvgIpc) is 3.49. The number of anilines is 2. The molecule has 1 aliphatic rings. The Hall–Kier alpha value is -4.51. The molecular weight excluding hydrogens is 482 g/mol. The van der Waals surface area contributed by atoms with Crippen LogP contribution in [0.1, 0.15) is 29.4 Å². The molecule has 5 aromatic rings. The number of rotatable bonds is 5. The molecule has 38 heavy (non-hydrogen) atoms. The van der Waals surface area contributed by atoms with Crippen molar-refractivity contribution >= 4 is 39.5 Å². The molecule has 1 saturated heterocycles. The fourth-order valence-electron chi connectivity index (χ4n) is 5.20. The number of benzene rings is 1. The van der Waals surface area contributed by atoms with E-state index in [0.717, 1.165) is 48.2 Å². The van der Waals surface area contributed by atoms with Crippen LogP contribution in [0.4, 0.5) is 11.5 Å². The molecule has 4 aromatic heterocycles. The maximum atomic E-state index is 13.2. The lowest BCUT2D eigenvalue weighted by atomic mass is 10.1.